The van der Waals surface area contributed by atoms with Gasteiger partial charge in [-0.3, -0.25) is 0 Å². The van der Waals surface area contributed by atoms with Gasteiger partial charge < -0.3 is 9.47 Å². The van der Waals surface area contributed by atoms with Gasteiger partial charge in [0.15, 0.2) is 0 Å². The second kappa shape index (κ2) is 6.36. The van der Waals surface area contributed by atoms with Crippen LogP contribution in [0.1, 0.15) is 12.0 Å². The first-order valence-electron chi connectivity index (χ1n) is 6.05. The molecule has 1 aromatic carbocycles. The molecule has 1 heterocycles. The SMILES string of the molecule is Cc1cc(S(=O)(=O)NCC2CCOCO2)c(Cl)cc1F. The van der Waals surface area contributed by atoms with Crippen molar-refractivity contribution in [1.29, 1.82) is 0 Å². The molecule has 0 bridgehead atoms. The van der Waals surface area contributed by atoms with E-state index in [-0.39, 0.29) is 34.9 Å². The van der Waals surface area contributed by atoms with Gasteiger partial charge in [-0.1, -0.05) is 11.6 Å². The average Bonchev–Trinajstić information content (AvgIpc) is 2.42. The molecule has 112 valence electrons. The molecule has 0 saturated carbocycles. The molecule has 1 saturated heterocycles. The summed E-state index contributed by atoms with van der Waals surface area (Å²) < 4.78 is 50.3. The summed E-state index contributed by atoms with van der Waals surface area (Å²) in [7, 11) is -3.80. The standard InChI is InChI=1S/C12H15ClFNO4S/c1-8-4-12(10(13)5-11(8)14)20(16,17)15-6-9-2-3-18-7-19-9/h4-5,9,15H,2-3,6-7H2,1H3. The fourth-order valence-corrected chi connectivity index (χ4v) is 3.44. The van der Waals surface area contributed by atoms with Gasteiger partial charge in [-0.05, 0) is 31.0 Å². The second-order valence-electron chi connectivity index (χ2n) is 4.49. The minimum Gasteiger partial charge on any atom is -0.355 e. The van der Waals surface area contributed by atoms with E-state index in [1.54, 1.807) is 0 Å². The molecule has 1 fully saturated rings. The highest BCUT2D eigenvalue weighted by Crippen LogP contribution is 2.24. The minimum atomic E-state index is -3.80. The lowest BCUT2D eigenvalue weighted by Crippen LogP contribution is -2.37. The Hall–Kier alpha value is -0.730. The molecule has 0 aromatic heterocycles. The Kier molecular flexibility index (Phi) is 4.98. The van der Waals surface area contributed by atoms with E-state index in [9.17, 15) is 12.8 Å². The summed E-state index contributed by atoms with van der Waals surface area (Å²) in [6, 6.07) is 2.21. The molecule has 1 aliphatic heterocycles. The van der Waals surface area contributed by atoms with E-state index < -0.39 is 15.8 Å². The molecular formula is C12H15ClFNO4S. The Bertz CT molecular complexity index is 587. The number of sulfonamides is 1. The topological polar surface area (TPSA) is 64.6 Å². The average molecular weight is 324 g/mol. The molecule has 1 atom stereocenters. The number of halogens is 2. The van der Waals surface area contributed by atoms with Crippen molar-refractivity contribution in [3.05, 3.63) is 28.5 Å². The molecule has 0 amide bonds. The van der Waals surface area contributed by atoms with Crippen LogP contribution in [-0.4, -0.2) is 34.5 Å². The molecule has 5 nitrogen and oxygen atoms in total. The van der Waals surface area contributed by atoms with Crippen molar-refractivity contribution in [2.24, 2.45) is 0 Å². The number of hydrogen-bond acceptors (Lipinski definition) is 4. The van der Waals surface area contributed by atoms with Crippen molar-refractivity contribution in [3.63, 3.8) is 0 Å². The Balaban J connectivity index is 2.11. The fourth-order valence-electron chi connectivity index (χ4n) is 1.78. The third-order valence-electron chi connectivity index (χ3n) is 2.97. The number of rotatable bonds is 4. The molecule has 20 heavy (non-hydrogen) atoms. The van der Waals surface area contributed by atoms with Crippen molar-refractivity contribution < 1.29 is 22.3 Å². The van der Waals surface area contributed by atoms with Gasteiger partial charge in [0.05, 0.1) is 17.7 Å². The van der Waals surface area contributed by atoms with Gasteiger partial charge in [-0.25, -0.2) is 17.5 Å². The summed E-state index contributed by atoms with van der Waals surface area (Å²) in [4.78, 5) is -0.134. The number of ether oxygens (including phenoxy) is 2. The number of aryl methyl sites for hydroxylation is 1. The zero-order valence-corrected chi connectivity index (χ0v) is 12.4. The largest absolute Gasteiger partial charge is 0.355 e. The highest BCUT2D eigenvalue weighted by molar-refractivity contribution is 7.89. The lowest BCUT2D eigenvalue weighted by molar-refractivity contribution is -0.136. The van der Waals surface area contributed by atoms with Crippen LogP contribution in [0.5, 0.6) is 0 Å². The number of benzene rings is 1. The zero-order valence-electron chi connectivity index (χ0n) is 10.9. The third-order valence-corrected chi connectivity index (χ3v) is 4.86. The van der Waals surface area contributed by atoms with Crippen LogP contribution < -0.4 is 4.72 Å². The van der Waals surface area contributed by atoms with E-state index in [1.165, 1.54) is 13.0 Å². The van der Waals surface area contributed by atoms with Crippen LogP contribution in [0.15, 0.2) is 17.0 Å². The van der Waals surface area contributed by atoms with Crippen molar-refractivity contribution in [3.8, 4) is 0 Å². The summed E-state index contributed by atoms with van der Waals surface area (Å²) in [6.45, 7) is 2.29. The minimum absolute atomic E-state index is 0.123. The van der Waals surface area contributed by atoms with Gasteiger partial charge in [0.25, 0.3) is 0 Å². The van der Waals surface area contributed by atoms with Crippen LogP contribution in [0.25, 0.3) is 0 Å². The van der Waals surface area contributed by atoms with Gasteiger partial charge in [0.2, 0.25) is 10.0 Å². The molecule has 2 rings (SSSR count). The predicted octanol–water partition coefficient (Wildman–Crippen LogP) is 1.83. The highest BCUT2D eigenvalue weighted by atomic mass is 35.5. The Morgan fingerprint density at radius 3 is 2.90 bits per heavy atom. The molecule has 1 N–H and O–H groups in total. The lowest BCUT2D eigenvalue weighted by atomic mass is 10.2. The van der Waals surface area contributed by atoms with E-state index in [1.807, 2.05) is 0 Å². The van der Waals surface area contributed by atoms with Gasteiger partial charge in [-0.15, -0.1) is 0 Å². The van der Waals surface area contributed by atoms with Crippen molar-refractivity contribution in [1.82, 2.24) is 4.72 Å². The molecule has 0 radical (unpaired) electrons. The Morgan fingerprint density at radius 2 is 2.25 bits per heavy atom. The summed E-state index contributed by atoms with van der Waals surface area (Å²) in [5, 5.41) is -0.145. The zero-order chi connectivity index (χ0) is 14.8. The Labute approximate surface area is 122 Å². The van der Waals surface area contributed by atoms with Gasteiger partial charge in [-0.2, -0.15) is 0 Å². The van der Waals surface area contributed by atoms with E-state index >= 15 is 0 Å². The fraction of sp³-hybridized carbons (Fsp3) is 0.500. The number of nitrogens with one attached hydrogen (secondary N) is 1. The molecule has 1 aromatic rings. The summed E-state index contributed by atoms with van der Waals surface area (Å²) in [6.07, 6.45) is 0.373. The molecule has 1 unspecified atom stereocenters. The van der Waals surface area contributed by atoms with Crippen molar-refractivity contribution >= 4 is 21.6 Å². The molecule has 0 aliphatic carbocycles. The first-order valence-corrected chi connectivity index (χ1v) is 7.91. The third kappa shape index (κ3) is 3.67. The maximum Gasteiger partial charge on any atom is 0.242 e. The van der Waals surface area contributed by atoms with Crippen LogP contribution >= 0.6 is 11.6 Å². The summed E-state index contributed by atoms with van der Waals surface area (Å²) in [5.41, 5.74) is 0.220. The normalized spacial score (nSPS) is 20.1. The Morgan fingerprint density at radius 1 is 1.50 bits per heavy atom. The van der Waals surface area contributed by atoms with Crippen LogP contribution in [0.2, 0.25) is 5.02 Å². The van der Waals surface area contributed by atoms with E-state index in [4.69, 9.17) is 21.1 Å². The van der Waals surface area contributed by atoms with E-state index in [2.05, 4.69) is 4.72 Å². The molecule has 1 aliphatic rings. The highest BCUT2D eigenvalue weighted by Gasteiger charge is 2.22. The number of hydrogen-bond donors (Lipinski definition) is 1. The smallest absolute Gasteiger partial charge is 0.242 e. The summed E-state index contributed by atoms with van der Waals surface area (Å²) in [5.74, 6) is -0.540. The van der Waals surface area contributed by atoms with Crippen molar-refractivity contribution in [2.75, 3.05) is 19.9 Å². The van der Waals surface area contributed by atoms with Crippen LogP contribution in [0.4, 0.5) is 4.39 Å². The second-order valence-corrected chi connectivity index (χ2v) is 6.63. The maximum absolute atomic E-state index is 13.3. The van der Waals surface area contributed by atoms with Gasteiger partial charge in [0.1, 0.15) is 17.5 Å². The van der Waals surface area contributed by atoms with E-state index in [0.29, 0.717) is 13.0 Å². The monoisotopic (exact) mass is 323 g/mol. The van der Waals surface area contributed by atoms with Gasteiger partial charge >= 0.3 is 0 Å². The quantitative estimate of drug-likeness (QED) is 0.918. The van der Waals surface area contributed by atoms with Crippen LogP contribution in [0, 0.1) is 12.7 Å². The van der Waals surface area contributed by atoms with Crippen LogP contribution in [0.3, 0.4) is 0 Å². The van der Waals surface area contributed by atoms with Crippen LogP contribution in [-0.2, 0) is 19.5 Å². The molecular weight excluding hydrogens is 309 g/mol. The lowest BCUT2D eigenvalue weighted by Gasteiger charge is -2.23. The molecule has 0 spiro atoms. The van der Waals surface area contributed by atoms with Crippen molar-refractivity contribution in [2.45, 2.75) is 24.3 Å². The van der Waals surface area contributed by atoms with Gasteiger partial charge in [0, 0.05) is 6.54 Å². The predicted molar refractivity (Wildman–Crippen MR) is 71.6 cm³/mol. The first kappa shape index (κ1) is 15.7. The van der Waals surface area contributed by atoms with E-state index in [0.717, 1.165) is 6.07 Å². The summed E-state index contributed by atoms with van der Waals surface area (Å²) >= 11 is 5.80. The molecule has 8 heteroatoms. The first-order chi connectivity index (χ1) is 9.40. The maximum atomic E-state index is 13.3.